The first kappa shape index (κ1) is 7.91. The molecule has 0 spiro atoms. The van der Waals surface area contributed by atoms with E-state index in [0.717, 1.165) is 6.07 Å². The van der Waals surface area contributed by atoms with Gasteiger partial charge in [0.05, 0.1) is 10.9 Å². The van der Waals surface area contributed by atoms with E-state index in [4.69, 9.17) is 0 Å². The summed E-state index contributed by atoms with van der Waals surface area (Å²) in [6.07, 6.45) is 1.29. The second-order valence-corrected chi connectivity index (χ2v) is 2.61. The zero-order chi connectivity index (χ0) is 9.42. The summed E-state index contributed by atoms with van der Waals surface area (Å²) in [5.74, 6) is -1.74. The number of aromatic nitrogens is 1. The first-order chi connectivity index (χ1) is 6.18. The van der Waals surface area contributed by atoms with E-state index in [2.05, 4.69) is 4.98 Å². The van der Waals surface area contributed by atoms with Gasteiger partial charge in [0.15, 0.2) is 0 Å². The van der Waals surface area contributed by atoms with E-state index in [9.17, 15) is 13.9 Å². The molecule has 1 N–H and O–H groups in total. The van der Waals surface area contributed by atoms with Crippen molar-refractivity contribution in [3.05, 3.63) is 36.0 Å². The predicted octanol–water partition coefficient (Wildman–Crippen LogP) is 2.22. The van der Waals surface area contributed by atoms with Crippen LogP contribution in [0.2, 0.25) is 0 Å². The molecule has 1 heterocycles. The summed E-state index contributed by atoms with van der Waals surface area (Å²) in [6, 6.07) is 3.03. The van der Waals surface area contributed by atoms with E-state index in [1.807, 2.05) is 0 Å². The van der Waals surface area contributed by atoms with Crippen LogP contribution >= 0.6 is 0 Å². The molecule has 0 fully saturated rings. The maximum atomic E-state index is 13.1. The Labute approximate surface area is 72.5 Å². The van der Waals surface area contributed by atoms with Gasteiger partial charge < -0.3 is 5.11 Å². The summed E-state index contributed by atoms with van der Waals surface area (Å²) in [5, 5.41) is 9.19. The molecule has 0 atom stereocenters. The van der Waals surface area contributed by atoms with Crippen LogP contribution in [0.15, 0.2) is 24.4 Å². The molecule has 0 saturated heterocycles. The van der Waals surface area contributed by atoms with Crippen LogP contribution in [0.3, 0.4) is 0 Å². The van der Waals surface area contributed by atoms with Gasteiger partial charge in [-0.2, -0.15) is 0 Å². The van der Waals surface area contributed by atoms with Crippen LogP contribution in [0, 0.1) is 11.6 Å². The van der Waals surface area contributed by atoms with Crippen molar-refractivity contribution in [3.8, 4) is 5.75 Å². The van der Waals surface area contributed by atoms with Crippen LogP contribution in [-0.2, 0) is 0 Å². The molecule has 0 aliphatic rings. The fourth-order valence-electron chi connectivity index (χ4n) is 1.19. The van der Waals surface area contributed by atoms with Crippen LogP contribution in [-0.4, -0.2) is 10.1 Å². The lowest BCUT2D eigenvalue weighted by atomic mass is 10.2. The molecule has 0 saturated carbocycles. The minimum Gasteiger partial charge on any atom is -0.507 e. The third kappa shape index (κ3) is 1.20. The van der Waals surface area contributed by atoms with Crippen LogP contribution in [0.5, 0.6) is 5.75 Å². The van der Waals surface area contributed by atoms with Crippen molar-refractivity contribution in [2.24, 2.45) is 0 Å². The minimum atomic E-state index is -0.805. The van der Waals surface area contributed by atoms with Crippen LogP contribution in [0.4, 0.5) is 8.78 Å². The van der Waals surface area contributed by atoms with Gasteiger partial charge in [-0.1, -0.05) is 0 Å². The maximum absolute atomic E-state index is 13.1. The standard InChI is InChI=1S/C9H5F2NO/c10-5-3-6(11)9-7(4-5)12-2-1-8(9)13/h1-4H,(H,12,13). The van der Waals surface area contributed by atoms with Crippen LogP contribution in [0.25, 0.3) is 10.9 Å². The number of fused-ring (bicyclic) bond motifs is 1. The monoisotopic (exact) mass is 181 g/mol. The summed E-state index contributed by atoms with van der Waals surface area (Å²) in [4.78, 5) is 3.72. The third-order valence-corrected chi connectivity index (χ3v) is 1.74. The predicted molar refractivity (Wildman–Crippen MR) is 43.3 cm³/mol. The average Bonchev–Trinajstić information content (AvgIpc) is 2.02. The van der Waals surface area contributed by atoms with Crippen LogP contribution < -0.4 is 0 Å². The van der Waals surface area contributed by atoms with Gasteiger partial charge in [0.1, 0.15) is 17.4 Å². The molecule has 13 heavy (non-hydrogen) atoms. The molecule has 0 bridgehead atoms. The Bertz CT molecular complexity index is 470. The molecule has 4 heteroatoms. The van der Waals surface area contributed by atoms with E-state index < -0.39 is 11.6 Å². The van der Waals surface area contributed by atoms with Gasteiger partial charge in [0, 0.05) is 18.3 Å². The van der Waals surface area contributed by atoms with Gasteiger partial charge in [-0.3, -0.25) is 4.98 Å². The number of benzene rings is 1. The van der Waals surface area contributed by atoms with Crippen molar-refractivity contribution >= 4 is 10.9 Å². The molecule has 2 nitrogen and oxygen atoms in total. The van der Waals surface area contributed by atoms with Gasteiger partial charge in [-0.15, -0.1) is 0 Å². The first-order valence-corrected chi connectivity index (χ1v) is 3.61. The van der Waals surface area contributed by atoms with E-state index >= 15 is 0 Å². The highest BCUT2D eigenvalue weighted by Crippen LogP contribution is 2.25. The lowest BCUT2D eigenvalue weighted by Gasteiger charge is -2.00. The molecule has 0 radical (unpaired) electrons. The molecule has 0 unspecified atom stereocenters. The summed E-state index contributed by atoms with van der Waals surface area (Å²) in [5.41, 5.74) is 0.109. The van der Waals surface area contributed by atoms with Crippen molar-refractivity contribution in [3.63, 3.8) is 0 Å². The highest BCUT2D eigenvalue weighted by Gasteiger charge is 2.08. The Balaban J connectivity index is 2.94. The number of halogens is 2. The van der Waals surface area contributed by atoms with Gasteiger partial charge in [-0.25, -0.2) is 8.78 Å². The summed E-state index contributed by atoms with van der Waals surface area (Å²) < 4.78 is 25.7. The van der Waals surface area contributed by atoms with E-state index in [1.54, 1.807) is 0 Å². The quantitative estimate of drug-likeness (QED) is 0.675. The fraction of sp³-hybridized carbons (Fsp3) is 0. The second-order valence-electron chi connectivity index (χ2n) is 2.61. The zero-order valence-corrected chi connectivity index (χ0v) is 6.46. The number of rotatable bonds is 0. The van der Waals surface area contributed by atoms with Gasteiger partial charge in [0.2, 0.25) is 0 Å². The SMILES string of the molecule is Oc1ccnc2cc(F)cc(F)c12. The summed E-state index contributed by atoms with van der Waals surface area (Å²) in [6.45, 7) is 0. The number of aromatic hydroxyl groups is 1. The third-order valence-electron chi connectivity index (χ3n) is 1.74. The zero-order valence-electron chi connectivity index (χ0n) is 6.46. The smallest absolute Gasteiger partial charge is 0.139 e. The molecule has 0 aliphatic heterocycles. The Morgan fingerprint density at radius 1 is 1.23 bits per heavy atom. The molecule has 0 aliphatic carbocycles. The largest absolute Gasteiger partial charge is 0.507 e. The Kier molecular flexibility index (Phi) is 1.62. The van der Waals surface area contributed by atoms with Crippen molar-refractivity contribution in [2.75, 3.05) is 0 Å². The van der Waals surface area contributed by atoms with Crippen molar-refractivity contribution in [1.82, 2.24) is 4.98 Å². The lowest BCUT2D eigenvalue weighted by molar-refractivity contribution is 0.477. The number of pyridine rings is 1. The highest BCUT2D eigenvalue weighted by molar-refractivity contribution is 5.85. The van der Waals surface area contributed by atoms with Crippen molar-refractivity contribution in [2.45, 2.75) is 0 Å². The molecule has 2 aromatic rings. The second kappa shape index (κ2) is 2.65. The molecule has 0 amide bonds. The number of hydrogen-bond donors (Lipinski definition) is 1. The van der Waals surface area contributed by atoms with Gasteiger partial charge in [-0.05, 0) is 6.07 Å². The molecular weight excluding hydrogens is 176 g/mol. The van der Waals surface area contributed by atoms with E-state index in [-0.39, 0.29) is 16.7 Å². The van der Waals surface area contributed by atoms with E-state index in [1.165, 1.54) is 12.3 Å². The number of hydrogen-bond acceptors (Lipinski definition) is 2. The van der Waals surface area contributed by atoms with E-state index in [0.29, 0.717) is 6.07 Å². The molecule has 2 rings (SSSR count). The Hall–Kier alpha value is -1.71. The maximum Gasteiger partial charge on any atom is 0.139 e. The van der Waals surface area contributed by atoms with Crippen molar-refractivity contribution < 1.29 is 13.9 Å². The van der Waals surface area contributed by atoms with Gasteiger partial charge >= 0.3 is 0 Å². The van der Waals surface area contributed by atoms with Crippen LogP contribution in [0.1, 0.15) is 0 Å². The Morgan fingerprint density at radius 3 is 2.77 bits per heavy atom. The first-order valence-electron chi connectivity index (χ1n) is 3.61. The van der Waals surface area contributed by atoms with Gasteiger partial charge in [0.25, 0.3) is 0 Å². The van der Waals surface area contributed by atoms with Crippen molar-refractivity contribution in [1.29, 1.82) is 0 Å². The molecule has 1 aromatic carbocycles. The topological polar surface area (TPSA) is 33.1 Å². The highest BCUT2D eigenvalue weighted by atomic mass is 19.1. The molecular formula is C9H5F2NO. The Morgan fingerprint density at radius 2 is 2.00 bits per heavy atom. The molecule has 1 aromatic heterocycles. The normalized spacial score (nSPS) is 10.6. The fourth-order valence-corrected chi connectivity index (χ4v) is 1.19. The summed E-state index contributed by atoms with van der Waals surface area (Å²) >= 11 is 0. The lowest BCUT2D eigenvalue weighted by Crippen LogP contribution is -1.86. The minimum absolute atomic E-state index is 0.0519. The summed E-state index contributed by atoms with van der Waals surface area (Å²) in [7, 11) is 0. The molecule has 66 valence electrons. The average molecular weight is 181 g/mol. The number of nitrogens with zero attached hydrogens (tertiary/aromatic N) is 1.